The predicted octanol–water partition coefficient (Wildman–Crippen LogP) is 18.6. The first kappa shape index (κ1) is 76.5. The second-order valence-corrected chi connectivity index (χ2v) is 36.5. The summed E-state index contributed by atoms with van der Waals surface area (Å²) in [6, 6.07) is 78.9. The maximum absolute atomic E-state index is 16.8. The van der Waals surface area contributed by atoms with Crippen LogP contribution in [0.2, 0.25) is 0 Å². The summed E-state index contributed by atoms with van der Waals surface area (Å²) in [6.07, 6.45) is -3.14. The average molecular weight is 1590 g/mol. The van der Waals surface area contributed by atoms with E-state index in [9.17, 15) is 14.4 Å². The lowest BCUT2D eigenvalue weighted by molar-refractivity contribution is -0.115. The largest absolute Gasteiger partial charge is 0.497 e. The third kappa shape index (κ3) is 17.4. The lowest BCUT2D eigenvalue weighted by atomic mass is 9.80. The van der Waals surface area contributed by atoms with E-state index in [1.165, 1.54) is 23.9 Å². The zero-order valence-electron chi connectivity index (χ0n) is 60.4. The molecule has 0 bridgehead atoms. The summed E-state index contributed by atoms with van der Waals surface area (Å²) in [5, 5.41) is 5.62. The molecule has 7 atom stereocenters. The van der Waals surface area contributed by atoms with Gasteiger partial charge in [0.1, 0.15) is 54.2 Å². The summed E-state index contributed by atoms with van der Waals surface area (Å²) >= 11 is 3.02. The van der Waals surface area contributed by atoms with Crippen LogP contribution in [0.1, 0.15) is 65.7 Å². The molecule has 15 rings (SSSR count). The Morgan fingerprint density at radius 1 is 0.527 bits per heavy atom. The molecule has 2 aliphatic heterocycles. The van der Waals surface area contributed by atoms with E-state index in [1.54, 1.807) is 127 Å². The van der Waals surface area contributed by atoms with Gasteiger partial charge in [-0.25, -0.2) is 34.2 Å². The van der Waals surface area contributed by atoms with Gasteiger partial charge in [-0.05, 0) is 148 Å². The van der Waals surface area contributed by atoms with E-state index in [0.717, 1.165) is 39.7 Å². The number of ether oxygens (including phenoxy) is 6. The number of aromatic nitrogens is 8. The van der Waals surface area contributed by atoms with E-state index >= 15 is 9.13 Å². The predicted molar refractivity (Wildman–Crippen MR) is 428 cm³/mol. The van der Waals surface area contributed by atoms with Gasteiger partial charge >= 0.3 is 18.7 Å². The van der Waals surface area contributed by atoms with E-state index in [1.807, 2.05) is 164 Å². The average Bonchev–Trinajstić information content (AvgIpc) is 1.12. The SMILES string of the molecule is CCC(=O)Nc1nc(OC(=O)N(c2ccccc2)c2ccccc2)c2ncn([C@H]3C[C@H](OP(=O)(OC[C@H]4O[C@@H](n5cnc6c(NC(=O)c7ccccc7)ncnc65)C[C@@H]4OP(=O)(Sc4ccccc4)Sc4ccccc4)Sc4ccccc4)[C@@H](COC(c4ccccc4)(c4ccc(OC)cc4)c4ccc(OC)cc4)O3)c2n1. The minimum Gasteiger partial charge on any atom is -0.497 e. The van der Waals surface area contributed by atoms with Crippen molar-refractivity contribution < 1.29 is 65.5 Å². The number of rotatable bonds is 30. The fourth-order valence-corrected chi connectivity index (χ4v) is 23.5. The Labute approximate surface area is 656 Å². The number of imidazole rings is 2. The van der Waals surface area contributed by atoms with Crippen LogP contribution in [-0.2, 0) is 47.3 Å². The van der Waals surface area contributed by atoms with Crippen molar-refractivity contribution in [1.82, 2.24) is 39.0 Å². The molecule has 3 amide bonds. The van der Waals surface area contributed by atoms with Crippen molar-refractivity contribution in [1.29, 1.82) is 0 Å². The molecule has 0 radical (unpaired) electrons. The van der Waals surface area contributed by atoms with Crippen molar-refractivity contribution in [2.45, 2.75) is 83.3 Å². The van der Waals surface area contributed by atoms with Crippen molar-refractivity contribution in [3.8, 4) is 17.4 Å². The topological polar surface area (TPSA) is 283 Å². The zero-order valence-corrected chi connectivity index (χ0v) is 64.7. The minimum atomic E-state index is -4.65. The fourth-order valence-electron chi connectivity index (χ4n) is 13.0. The van der Waals surface area contributed by atoms with Gasteiger partial charge in [0, 0.05) is 39.5 Å². The summed E-state index contributed by atoms with van der Waals surface area (Å²) in [5.41, 5.74) is 2.77. The summed E-state index contributed by atoms with van der Waals surface area (Å²) in [4.78, 5) is 72.9. The number of benzene rings is 9. The van der Waals surface area contributed by atoms with Crippen molar-refractivity contribution in [2.75, 3.05) is 43.0 Å². The second kappa shape index (κ2) is 34.8. The molecule has 0 saturated carbocycles. The van der Waals surface area contributed by atoms with E-state index < -0.39 is 79.6 Å². The number of methoxy groups -OCH3 is 2. The van der Waals surface area contributed by atoms with Gasteiger partial charge < -0.3 is 38.3 Å². The molecule has 9 aromatic carbocycles. The molecule has 568 valence electrons. The van der Waals surface area contributed by atoms with Crippen LogP contribution in [0.15, 0.2) is 295 Å². The first-order chi connectivity index (χ1) is 54.7. The lowest BCUT2D eigenvalue weighted by Gasteiger charge is -2.37. The molecular weight excluding hydrogens is 1520 g/mol. The maximum atomic E-state index is 16.8. The molecule has 6 heterocycles. The van der Waals surface area contributed by atoms with Crippen LogP contribution in [0.4, 0.5) is 27.9 Å². The summed E-state index contributed by atoms with van der Waals surface area (Å²) in [6.45, 7) is -3.72. The van der Waals surface area contributed by atoms with Gasteiger partial charge in [0.05, 0.1) is 57.6 Å². The van der Waals surface area contributed by atoms with Gasteiger partial charge in [0.2, 0.25) is 11.9 Å². The van der Waals surface area contributed by atoms with Gasteiger partial charge in [-0.3, -0.25) is 37.7 Å². The Morgan fingerprint density at radius 3 is 1.54 bits per heavy atom. The molecule has 112 heavy (non-hydrogen) atoms. The summed E-state index contributed by atoms with van der Waals surface area (Å²) < 4.78 is 96.7. The molecule has 2 fully saturated rings. The maximum Gasteiger partial charge on any atom is 0.425 e. The van der Waals surface area contributed by atoms with Crippen molar-refractivity contribution in [3.63, 3.8) is 0 Å². The van der Waals surface area contributed by atoms with Crippen LogP contribution < -0.4 is 29.7 Å². The Morgan fingerprint density at radius 2 is 1.00 bits per heavy atom. The highest BCUT2D eigenvalue weighted by atomic mass is 33.1. The third-order valence-corrected chi connectivity index (χ3v) is 28.4. The van der Waals surface area contributed by atoms with Gasteiger partial charge in [-0.2, -0.15) is 9.97 Å². The highest BCUT2D eigenvalue weighted by Crippen LogP contribution is 2.75. The first-order valence-electron chi connectivity index (χ1n) is 35.7. The smallest absolute Gasteiger partial charge is 0.425 e. The molecule has 2 aliphatic rings. The van der Waals surface area contributed by atoms with Crippen molar-refractivity contribution in [2.24, 2.45) is 0 Å². The highest BCUT2D eigenvalue weighted by Gasteiger charge is 2.49. The quantitative estimate of drug-likeness (QED) is 0.0312. The molecule has 0 spiro atoms. The van der Waals surface area contributed by atoms with Crippen LogP contribution in [0.25, 0.3) is 22.3 Å². The number of carbonyl (C=O) groups is 3. The molecule has 25 nitrogen and oxygen atoms in total. The summed E-state index contributed by atoms with van der Waals surface area (Å²) in [7, 11) is 3.18. The molecule has 2 N–H and O–H groups in total. The van der Waals surface area contributed by atoms with Crippen LogP contribution in [0.3, 0.4) is 0 Å². The van der Waals surface area contributed by atoms with Crippen LogP contribution in [0, 0.1) is 0 Å². The van der Waals surface area contributed by atoms with Gasteiger partial charge in [0.15, 0.2) is 28.1 Å². The molecule has 2 saturated heterocycles. The molecular formula is C82H73N11O14P2S3. The third-order valence-electron chi connectivity index (χ3n) is 18.4. The van der Waals surface area contributed by atoms with E-state index in [-0.39, 0.29) is 60.2 Å². The number of anilines is 4. The number of hydrogen-bond acceptors (Lipinski definition) is 23. The minimum absolute atomic E-state index is 0.0207. The van der Waals surface area contributed by atoms with Crippen LogP contribution in [-0.4, -0.2) is 109 Å². The van der Waals surface area contributed by atoms with E-state index in [2.05, 4.69) is 25.6 Å². The van der Waals surface area contributed by atoms with Crippen LogP contribution in [0.5, 0.6) is 17.4 Å². The van der Waals surface area contributed by atoms with E-state index in [4.69, 9.17) is 56.9 Å². The number of nitrogens with zero attached hydrogens (tertiary/aromatic N) is 9. The number of carbonyl (C=O) groups excluding carboxylic acids is 3. The Bertz CT molecular complexity index is 5360. The van der Waals surface area contributed by atoms with Gasteiger partial charge in [-0.15, -0.1) is 0 Å². The standard InChI is InChI=1S/C82H73N11O14P2S3/c1-4-70(94)87-80-89-77-74(79(90-80)105-81(96)93(59-30-16-7-17-31-59)60-32-18-8-19-33-60)86-54-92(77)72-48-66(68(103-72)50-101-82(56-28-14-6-15-29-56,57-40-44-61(99-2)45-41-57)58-42-46-62(100-3)47-43-58)106-108(97,110-63-34-20-9-21-35-63)102-51-69-67(107-109(98,111-64-36-22-10-23-37-64)112-65-38-24-11-25-39-65)49-71(104-69)91-53-85-73-75(83-52-84-76(73)91)88-78(95)55-26-12-5-13-27-55/h5-47,52-54,66-69,71-72H,4,48-51H2,1-3H3,(H,83,84,88,95)(H,87,89,90,94)/t66-,67-,68+,69+,71+,72+,108?/m0/s1. The van der Waals surface area contributed by atoms with Gasteiger partial charge in [-0.1, -0.05) is 171 Å². The normalized spacial score (nSPS) is 17.5. The highest BCUT2D eigenvalue weighted by molar-refractivity contribution is 8.89. The number of fused-ring (bicyclic) bond motifs is 2. The molecule has 4 aromatic heterocycles. The molecule has 13 aromatic rings. The first-order valence-corrected chi connectivity index (χ1v) is 43.1. The molecule has 1 unspecified atom stereocenters. The number of amides is 3. The van der Waals surface area contributed by atoms with Crippen LogP contribution >= 0.6 is 46.7 Å². The van der Waals surface area contributed by atoms with Gasteiger partial charge in [0.25, 0.3) is 11.8 Å². The number of nitrogens with one attached hydrogen (secondary N) is 2. The monoisotopic (exact) mass is 1590 g/mol. The Hall–Kier alpha value is -10.8. The Kier molecular flexibility index (Phi) is 23.8. The zero-order chi connectivity index (χ0) is 77.0. The number of para-hydroxylation sites is 2. The Balaban J connectivity index is 0.819. The van der Waals surface area contributed by atoms with Crippen molar-refractivity contribution >= 4 is 110 Å². The van der Waals surface area contributed by atoms with E-state index in [0.29, 0.717) is 59.9 Å². The number of hydrogen-bond donors (Lipinski definition) is 2. The molecule has 0 aliphatic carbocycles. The fraction of sp³-hybridized carbons (Fsp3) is 0.183. The summed E-state index contributed by atoms with van der Waals surface area (Å²) in [5.74, 6) is -3.90. The lowest BCUT2D eigenvalue weighted by Crippen LogP contribution is -2.38. The van der Waals surface area contributed by atoms with Crippen molar-refractivity contribution in [3.05, 3.63) is 302 Å². The molecule has 30 heteroatoms. The second-order valence-electron chi connectivity index (χ2n) is 25.6.